The number of hydrogen-bond donors (Lipinski definition) is 2. The van der Waals surface area contributed by atoms with Crippen LogP contribution in [0.1, 0.15) is 27.0 Å². The van der Waals surface area contributed by atoms with Gasteiger partial charge in [-0.25, -0.2) is 0 Å². The van der Waals surface area contributed by atoms with Crippen LogP contribution in [0.15, 0.2) is 54.6 Å². The molecule has 0 spiro atoms. The first kappa shape index (κ1) is 18.3. The number of hydrazine groups is 1. The molecule has 7 heteroatoms. The van der Waals surface area contributed by atoms with Crippen LogP contribution in [-0.4, -0.2) is 11.8 Å². The maximum absolute atomic E-state index is 12.6. The van der Waals surface area contributed by atoms with Crippen molar-refractivity contribution < 1.29 is 22.8 Å². The second-order valence-electron chi connectivity index (χ2n) is 5.27. The summed E-state index contributed by atoms with van der Waals surface area (Å²) in [6.07, 6.45) is -2.19. The van der Waals surface area contributed by atoms with Crippen LogP contribution in [0.3, 0.4) is 0 Å². The zero-order chi connectivity index (χ0) is 18.4. The van der Waals surface area contributed by atoms with Gasteiger partial charge in [0.2, 0.25) is 0 Å². The molecule has 4 nitrogen and oxygen atoms in total. The highest BCUT2D eigenvalue weighted by Crippen LogP contribution is 2.29. The van der Waals surface area contributed by atoms with Gasteiger partial charge in [0, 0.05) is 11.6 Å². The minimum absolute atomic E-state index is 0.217. The molecule has 0 fully saturated rings. The molecule has 0 radical (unpaired) electrons. The summed E-state index contributed by atoms with van der Waals surface area (Å²) in [5.41, 5.74) is 5.16. The van der Waals surface area contributed by atoms with Crippen LogP contribution in [0.4, 0.5) is 13.2 Å². The number of nitrogens with one attached hydrogen (secondary N) is 2. The Bertz CT molecular complexity index is 797. The lowest BCUT2D eigenvalue weighted by atomic mass is 10.1. The minimum Gasteiger partial charge on any atom is -0.268 e. The van der Waals surface area contributed by atoms with Crippen molar-refractivity contribution in [3.63, 3.8) is 0 Å². The molecule has 0 saturated heterocycles. The van der Waals surface area contributed by atoms with Crippen molar-refractivity contribution >= 4 is 17.9 Å². The van der Waals surface area contributed by atoms with Crippen LogP contribution < -0.4 is 10.9 Å². The first-order chi connectivity index (χ1) is 11.8. The van der Waals surface area contributed by atoms with Crippen molar-refractivity contribution in [1.82, 2.24) is 10.9 Å². The number of halogens is 3. The maximum atomic E-state index is 12.6. The lowest BCUT2D eigenvalue weighted by Gasteiger charge is -2.07. The van der Waals surface area contributed by atoms with E-state index in [4.69, 9.17) is 0 Å². The molecule has 0 heterocycles. The van der Waals surface area contributed by atoms with Gasteiger partial charge < -0.3 is 0 Å². The van der Waals surface area contributed by atoms with Crippen LogP contribution in [-0.2, 0) is 11.0 Å². The Kier molecular flexibility index (Phi) is 5.59. The van der Waals surface area contributed by atoms with E-state index < -0.39 is 23.6 Å². The fourth-order valence-electron chi connectivity index (χ4n) is 1.93. The monoisotopic (exact) mass is 348 g/mol. The summed E-state index contributed by atoms with van der Waals surface area (Å²) >= 11 is 0. The molecule has 0 unspecified atom stereocenters. The molecule has 0 saturated carbocycles. The number of aryl methyl sites for hydroxylation is 1. The second-order valence-corrected chi connectivity index (χ2v) is 5.27. The third-order valence-electron chi connectivity index (χ3n) is 3.25. The Morgan fingerprint density at radius 2 is 1.68 bits per heavy atom. The highest BCUT2D eigenvalue weighted by molar-refractivity contribution is 5.97. The molecule has 0 aromatic heterocycles. The highest BCUT2D eigenvalue weighted by Gasteiger charge is 2.30. The van der Waals surface area contributed by atoms with Gasteiger partial charge in [-0.05, 0) is 42.8 Å². The van der Waals surface area contributed by atoms with Crippen LogP contribution in [0.5, 0.6) is 0 Å². The number of carbonyl (C=O) groups is 2. The Morgan fingerprint density at radius 3 is 2.32 bits per heavy atom. The lowest BCUT2D eigenvalue weighted by Crippen LogP contribution is -2.40. The molecule has 0 aliphatic rings. The Morgan fingerprint density at radius 1 is 1.00 bits per heavy atom. The quantitative estimate of drug-likeness (QED) is 0.659. The number of rotatable bonds is 3. The molecule has 2 rings (SSSR count). The van der Waals surface area contributed by atoms with Gasteiger partial charge >= 0.3 is 6.18 Å². The summed E-state index contributed by atoms with van der Waals surface area (Å²) in [5.74, 6) is -1.17. The number of carbonyl (C=O) groups excluding carboxylic acids is 2. The van der Waals surface area contributed by atoms with E-state index in [1.165, 1.54) is 18.2 Å². The molecule has 0 bridgehead atoms. The van der Waals surface area contributed by atoms with E-state index >= 15 is 0 Å². The van der Waals surface area contributed by atoms with Crippen LogP contribution in [0.25, 0.3) is 6.08 Å². The topological polar surface area (TPSA) is 58.2 Å². The smallest absolute Gasteiger partial charge is 0.268 e. The number of amides is 2. The van der Waals surface area contributed by atoms with Gasteiger partial charge in [-0.2, -0.15) is 13.2 Å². The summed E-state index contributed by atoms with van der Waals surface area (Å²) < 4.78 is 37.8. The fraction of sp³-hybridized carbons (Fsp3) is 0.111. The van der Waals surface area contributed by atoms with Gasteiger partial charge in [-0.1, -0.05) is 29.8 Å². The molecule has 2 amide bonds. The summed E-state index contributed by atoms with van der Waals surface area (Å²) in [6.45, 7) is 1.88. The van der Waals surface area contributed by atoms with Crippen molar-refractivity contribution in [2.45, 2.75) is 13.1 Å². The van der Waals surface area contributed by atoms with Gasteiger partial charge in [0.1, 0.15) is 0 Å². The summed E-state index contributed by atoms with van der Waals surface area (Å²) in [6, 6.07) is 11.3. The third kappa shape index (κ3) is 5.49. The van der Waals surface area contributed by atoms with Gasteiger partial charge in [0.25, 0.3) is 11.8 Å². The minimum atomic E-state index is -4.45. The van der Waals surface area contributed by atoms with Gasteiger partial charge in [0.15, 0.2) is 0 Å². The lowest BCUT2D eigenvalue weighted by molar-refractivity contribution is -0.137. The standard InChI is InChI=1S/C18H15F3N2O2/c1-12-5-8-14(9-6-12)17(25)23-22-16(24)10-7-13-3-2-4-15(11-13)18(19,20)21/h2-11H,1H3,(H,22,24)(H,23,25)/b10-7+. The van der Waals surface area contributed by atoms with Crippen molar-refractivity contribution in [2.75, 3.05) is 0 Å². The summed E-state index contributed by atoms with van der Waals surface area (Å²) in [7, 11) is 0. The van der Waals surface area contributed by atoms with Gasteiger partial charge in [-0.15, -0.1) is 0 Å². The molecule has 130 valence electrons. The van der Waals surface area contributed by atoms with Crippen molar-refractivity contribution in [2.24, 2.45) is 0 Å². The van der Waals surface area contributed by atoms with E-state index in [2.05, 4.69) is 10.9 Å². The average Bonchev–Trinajstić information content (AvgIpc) is 2.58. The van der Waals surface area contributed by atoms with Crippen LogP contribution in [0.2, 0.25) is 0 Å². The molecule has 0 atom stereocenters. The number of benzene rings is 2. The van der Waals surface area contributed by atoms with Crippen molar-refractivity contribution in [1.29, 1.82) is 0 Å². The molecular weight excluding hydrogens is 333 g/mol. The van der Waals surface area contributed by atoms with Crippen molar-refractivity contribution in [3.05, 3.63) is 76.9 Å². The predicted molar refractivity (Wildman–Crippen MR) is 87.3 cm³/mol. The van der Waals surface area contributed by atoms with E-state index in [0.29, 0.717) is 5.56 Å². The third-order valence-corrected chi connectivity index (χ3v) is 3.25. The van der Waals surface area contributed by atoms with Crippen molar-refractivity contribution in [3.8, 4) is 0 Å². The van der Waals surface area contributed by atoms with Gasteiger partial charge in [0.05, 0.1) is 5.56 Å². The number of hydrogen-bond acceptors (Lipinski definition) is 2. The highest BCUT2D eigenvalue weighted by atomic mass is 19.4. The Labute approximate surface area is 142 Å². The summed E-state index contributed by atoms with van der Waals surface area (Å²) in [5, 5.41) is 0. The molecular formula is C18H15F3N2O2. The largest absolute Gasteiger partial charge is 0.416 e. The maximum Gasteiger partial charge on any atom is 0.416 e. The zero-order valence-corrected chi connectivity index (χ0v) is 13.2. The summed E-state index contributed by atoms with van der Waals surface area (Å²) in [4.78, 5) is 23.5. The van der Waals surface area contributed by atoms with E-state index in [1.54, 1.807) is 24.3 Å². The SMILES string of the molecule is Cc1ccc(C(=O)NNC(=O)/C=C/c2cccc(C(F)(F)F)c2)cc1. The first-order valence-electron chi connectivity index (χ1n) is 7.28. The van der Waals surface area contributed by atoms with E-state index in [9.17, 15) is 22.8 Å². The average molecular weight is 348 g/mol. The van der Waals surface area contributed by atoms with Crippen LogP contribution in [0, 0.1) is 6.92 Å². The molecule has 2 aromatic carbocycles. The molecule has 25 heavy (non-hydrogen) atoms. The van der Waals surface area contributed by atoms with E-state index in [0.717, 1.165) is 23.8 Å². The Balaban J connectivity index is 1.93. The normalized spacial score (nSPS) is 11.4. The van der Waals surface area contributed by atoms with Gasteiger partial charge in [-0.3, -0.25) is 20.4 Å². The first-order valence-corrected chi connectivity index (χ1v) is 7.28. The number of alkyl halides is 3. The molecule has 2 aromatic rings. The Hall–Kier alpha value is -3.09. The molecule has 0 aliphatic carbocycles. The molecule has 2 N–H and O–H groups in total. The fourth-order valence-corrected chi connectivity index (χ4v) is 1.93. The van der Waals surface area contributed by atoms with E-state index in [-0.39, 0.29) is 5.56 Å². The molecule has 0 aliphatic heterocycles. The predicted octanol–water partition coefficient (Wildman–Crippen LogP) is 3.49. The zero-order valence-electron chi connectivity index (χ0n) is 13.2. The van der Waals surface area contributed by atoms with Crippen LogP contribution >= 0.6 is 0 Å². The van der Waals surface area contributed by atoms with E-state index in [1.807, 2.05) is 6.92 Å². The second kappa shape index (κ2) is 7.65.